The lowest BCUT2D eigenvalue weighted by atomic mass is 9.62. The van der Waals surface area contributed by atoms with Gasteiger partial charge in [-0.15, -0.1) is 0 Å². The molecule has 0 bridgehead atoms. The molecule has 3 aromatic rings. The number of β-lactam (4-membered cyclic amide) rings is 1. The van der Waals surface area contributed by atoms with E-state index in [1.54, 1.807) is 58.3 Å². The SMILES string of the molecule is O=C(Nc1ccccc1Cl)N1CCC2(CC1)C(=O)N(c1ccc(F)cc1)C2c1ccc(F)cc1. The Kier molecular flexibility index (Phi) is 5.73. The van der Waals surface area contributed by atoms with Crippen molar-refractivity contribution in [2.75, 3.05) is 23.3 Å². The van der Waals surface area contributed by atoms with Crippen LogP contribution in [0.3, 0.4) is 0 Å². The van der Waals surface area contributed by atoms with Crippen LogP contribution in [0.15, 0.2) is 72.8 Å². The quantitative estimate of drug-likeness (QED) is 0.465. The first-order chi connectivity index (χ1) is 16.4. The topological polar surface area (TPSA) is 52.7 Å². The third-order valence-electron chi connectivity index (χ3n) is 6.78. The minimum absolute atomic E-state index is 0.0698. The number of halogens is 3. The maximum atomic E-state index is 13.6. The van der Waals surface area contributed by atoms with Gasteiger partial charge in [-0.25, -0.2) is 13.6 Å². The predicted molar refractivity (Wildman–Crippen MR) is 127 cm³/mol. The Balaban J connectivity index is 1.38. The van der Waals surface area contributed by atoms with Gasteiger partial charge in [0, 0.05) is 18.8 Å². The Morgan fingerprint density at radius 3 is 2.12 bits per heavy atom. The van der Waals surface area contributed by atoms with Gasteiger partial charge in [-0.05, 0) is 66.9 Å². The summed E-state index contributed by atoms with van der Waals surface area (Å²) in [7, 11) is 0. The fraction of sp³-hybridized carbons (Fsp3) is 0.231. The second kappa shape index (κ2) is 8.72. The second-order valence-electron chi connectivity index (χ2n) is 8.66. The summed E-state index contributed by atoms with van der Waals surface area (Å²) in [5.41, 5.74) is 1.21. The second-order valence-corrected chi connectivity index (χ2v) is 9.07. The van der Waals surface area contributed by atoms with Crippen molar-refractivity contribution in [2.45, 2.75) is 18.9 Å². The number of nitrogens with one attached hydrogen (secondary N) is 1. The summed E-state index contributed by atoms with van der Waals surface area (Å²) in [6, 6.07) is 18.3. The van der Waals surface area contributed by atoms with Crippen LogP contribution in [0, 0.1) is 17.0 Å². The van der Waals surface area contributed by atoms with E-state index in [9.17, 15) is 18.4 Å². The van der Waals surface area contributed by atoms with Gasteiger partial charge in [0.1, 0.15) is 11.6 Å². The van der Waals surface area contributed by atoms with Gasteiger partial charge < -0.3 is 15.1 Å². The Morgan fingerprint density at radius 2 is 1.50 bits per heavy atom. The third-order valence-corrected chi connectivity index (χ3v) is 7.10. The summed E-state index contributed by atoms with van der Waals surface area (Å²) < 4.78 is 27.1. The lowest BCUT2D eigenvalue weighted by molar-refractivity contribution is -0.144. The number of urea groups is 1. The molecular formula is C26H22ClF2N3O2. The van der Waals surface area contributed by atoms with Gasteiger partial charge in [-0.2, -0.15) is 0 Å². The molecule has 0 saturated carbocycles. The molecular weight excluding hydrogens is 460 g/mol. The number of hydrogen-bond acceptors (Lipinski definition) is 2. The van der Waals surface area contributed by atoms with Crippen LogP contribution < -0.4 is 10.2 Å². The summed E-state index contributed by atoms with van der Waals surface area (Å²) in [6.07, 6.45) is 0.920. The van der Waals surface area contributed by atoms with Gasteiger partial charge in [0.2, 0.25) is 5.91 Å². The van der Waals surface area contributed by atoms with Crippen LogP contribution in [-0.2, 0) is 4.79 Å². The fourth-order valence-electron chi connectivity index (χ4n) is 4.99. The van der Waals surface area contributed by atoms with Crippen LogP contribution in [0.1, 0.15) is 24.4 Å². The largest absolute Gasteiger partial charge is 0.324 e. The molecule has 2 aliphatic rings. The van der Waals surface area contributed by atoms with Crippen LogP contribution in [-0.4, -0.2) is 29.9 Å². The van der Waals surface area contributed by atoms with Crippen LogP contribution in [0.25, 0.3) is 0 Å². The highest BCUT2D eigenvalue weighted by atomic mass is 35.5. The zero-order valence-corrected chi connectivity index (χ0v) is 18.9. The molecule has 1 N–H and O–H groups in total. The first-order valence-corrected chi connectivity index (χ1v) is 11.4. The number of benzene rings is 3. The first-order valence-electron chi connectivity index (χ1n) is 11.0. The maximum Gasteiger partial charge on any atom is 0.321 e. The molecule has 5 nitrogen and oxygen atoms in total. The van der Waals surface area contributed by atoms with Gasteiger partial charge in [-0.3, -0.25) is 4.79 Å². The van der Waals surface area contributed by atoms with Crippen LogP contribution in [0.4, 0.5) is 25.0 Å². The molecule has 1 unspecified atom stereocenters. The molecule has 1 atom stereocenters. The van der Waals surface area contributed by atoms with Crippen molar-refractivity contribution in [3.8, 4) is 0 Å². The highest BCUT2D eigenvalue weighted by Gasteiger charge is 2.62. The van der Waals surface area contributed by atoms with Gasteiger partial charge in [0.15, 0.2) is 0 Å². The van der Waals surface area contributed by atoms with Crippen molar-refractivity contribution >= 4 is 34.9 Å². The maximum absolute atomic E-state index is 13.6. The minimum atomic E-state index is -0.715. The summed E-state index contributed by atoms with van der Waals surface area (Å²) in [5, 5.41) is 3.27. The fourth-order valence-corrected chi connectivity index (χ4v) is 5.17. The Bertz CT molecular complexity index is 1230. The molecule has 8 heteroatoms. The molecule has 2 aliphatic heterocycles. The van der Waals surface area contributed by atoms with Gasteiger partial charge >= 0.3 is 6.03 Å². The average molecular weight is 482 g/mol. The normalized spacial score (nSPS) is 19.1. The summed E-state index contributed by atoms with van der Waals surface area (Å²) in [5.74, 6) is -0.815. The summed E-state index contributed by atoms with van der Waals surface area (Å²) >= 11 is 6.15. The van der Waals surface area contributed by atoms with E-state index in [4.69, 9.17) is 11.6 Å². The van der Waals surface area contributed by atoms with E-state index in [0.717, 1.165) is 5.56 Å². The van der Waals surface area contributed by atoms with Crippen LogP contribution in [0.5, 0.6) is 0 Å². The van der Waals surface area contributed by atoms with Gasteiger partial charge in [0.25, 0.3) is 0 Å². The van der Waals surface area contributed by atoms with Crippen LogP contribution in [0.2, 0.25) is 5.02 Å². The molecule has 3 amide bonds. The van der Waals surface area contributed by atoms with E-state index >= 15 is 0 Å². The molecule has 34 heavy (non-hydrogen) atoms. The zero-order valence-electron chi connectivity index (χ0n) is 18.2. The van der Waals surface area contributed by atoms with E-state index in [-0.39, 0.29) is 29.6 Å². The first kappa shape index (κ1) is 22.3. The van der Waals surface area contributed by atoms with E-state index in [1.807, 2.05) is 0 Å². The Labute approximate surface area is 200 Å². The molecule has 2 heterocycles. The lowest BCUT2D eigenvalue weighted by Gasteiger charge is -2.59. The minimum Gasteiger partial charge on any atom is -0.324 e. The lowest BCUT2D eigenvalue weighted by Crippen LogP contribution is -2.67. The van der Waals surface area contributed by atoms with Crippen molar-refractivity contribution in [1.29, 1.82) is 0 Å². The zero-order chi connectivity index (χ0) is 23.9. The number of rotatable bonds is 3. The van der Waals surface area contributed by atoms with Crippen LogP contribution >= 0.6 is 11.6 Å². The molecule has 2 saturated heterocycles. The van der Waals surface area contributed by atoms with E-state index in [1.165, 1.54) is 24.3 Å². The van der Waals surface area contributed by atoms with Gasteiger partial charge in [-0.1, -0.05) is 35.9 Å². The number of nitrogens with zero attached hydrogens (tertiary/aromatic N) is 2. The number of hydrogen-bond donors (Lipinski definition) is 1. The Morgan fingerprint density at radius 1 is 0.912 bits per heavy atom. The van der Waals surface area contributed by atoms with Crippen molar-refractivity contribution < 1.29 is 18.4 Å². The number of piperidine rings is 1. The molecule has 3 aromatic carbocycles. The Hall–Kier alpha value is -3.45. The molecule has 0 radical (unpaired) electrons. The number of carbonyl (C=O) groups excluding carboxylic acids is 2. The average Bonchev–Trinajstić information content (AvgIpc) is 2.85. The molecule has 1 spiro atoms. The van der Waals surface area contributed by atoms with E-state index in [0.29, 0.717) is 42.3 Å². The molecule has 0 aliphatic carbocycles. The van der Waals surface area contributed by atoms with Crippen molar-refractivity contribution in [2.24, 2.45) is 5.41 Å². The van der Waals surface area contributed by atoms with Gasteiger partial charge in [0.05, 0.1) is 22.2 Å². The molecule has 174 valence electrons. The summed E-state index contributed by atoms with van der Waals surface area (Å²) in [6.45, 7) is 0.772. The summed E-state index contributed by atoms with van der Waals surface area (Å²) in [4.78, 5) is 29.6. The highest BCUT2D eigenvalue weighted by Crippen LogP contribution is 2.57. The number of carbonyl (C=O) groups is 2. The van der Waals surface area contributed by atoms with E-state index in [2.05, 4.69) is 5.32 Å². The number of para-hydroxylation sites is 1. The van der Waals surface area contributed by atoms with Crippen molar-refractivity contribution in [3.05, 3.63) is 95.0 Å². The smallest absolute Gasteiger partial charge is 0.321 e. The third kappa shape index (κ3) is 3.80. The molecule has 5 rings (SSSR count). The predicted octanol–water partition coefficient (Wildman–Crippen LogP) is 6.02. The van der Waals surface area contributed by atoms with Crippen molar-refractivity contribution in [3.63, 3.8) is 0 Å². The number of likely N-dealkylation sites (tertiary alicyclic amines) is 1. The molecule has 0 aromatic heterocycles. The van der Waals surface area contributed by atoms with E-state index < -0.39 is 5.41 Å². The monoisotopic (exact) mass is 481 g/mol. The molecule has 2 fully saturated rings. The number of anilines is 2. The highest BCUT2D eigenvalue weighted by molar-refractivity contribution is 6.33. The standard InChI is InChI=1S/C26H22ClF2N3O2/c27-21-3-1-2-4-22(21)30-25(34)31-15-13-26(14-16-31)23(17-5-7-18(28)8-6-17)32(24(26)33)20-11-9-19(29)10-12-20/h1-12,23H,13-16H2,(H,30,34). The van der Waals surface area contributed by atoms with Crippen molar-refractivity contribution in [1.82, 2.24) is 4.90 Å². The number of amides is 3.